The number of pyridine rings is 1. The van der Waals surface area contributed by atoms with Crippen LogP contribution < -0.4 is 30.1 Å². The molecule has 0 spiro atoms. The number of aromatic nitrogens is 4. The molecular weight excluding hydrogens is 1110 g/mol. The van der Waals surface area contributed by atoms with Crippen molar-refractivity contribution in [1.29, 1.82) is 0 Å². The molecule has 0 aliphatic rings. The molecule has 0 aliphatic heterocycles. The van der Waals surface area contributed by atoms with E-state index < -0.39 is 190 Å². The third kappa shape index (κ3) is 10.5. The highest BCUT2D eigenvalue weighted by molar-refractivity contribution is 7.19. The van der Waals surface area contributed by atoms with Gasteiger partial charge in [-0.3, -0.25) is 13.7 Å². The zero-order valence-corrected chi connectivity index (χ0v) is 52.0. The van der Waals surface area contributed by atoms with E-state index in [9.17, 15) is 24.7 Å². The Morgan fingerprint density at radius 1 is 0.433 bits per heavy atom. The molecule has 440 valence electrons. The molecule has 0 N–H and O–H groups in total. The molecule has 14 rings (SSSR count). The summed E-state index contributed by atoms with van der Waals surface area (Å²) in [5.41, 5.74) is 4.97. The zero-order valence-electron chi connectivity index (χ0n) is 75.0. The van der Waals surface area contributed by atoms with Crippen LogP contribution in [0.1, 0.15) is 112 Å². The lowest BCUT2D eigenvalue weighted by atomic mass is 9.78. The number of nitrogens with zero attached hydrogens (tertiary/aromatic N) is 4. The average Bonchev–Trinajstić information content (AvgIpc) is 0.770. The van der Waals surface area contributed by atoms with E-state index in [-0.39, 0.29) is 38.8 Å². The Morgan fingerprint density at radius 2 is 1.00 bits per heavy atom. The maximum Gasteiger partial charge on any atom is 0.269 e. The van der Waals surface area contributed by atoms with Gasteiger partial charge in [0.15, 0.2) is 8.07 Å². The van der Waals surface area contributed by atoms with Gasteiger partial charge in [-0.2, -0.15) is 0 Å². The summed E-state index contributed by atoms with van der Waals surface area (Å²) in [4.78, 5) is 4.87. The number of para-hydroxylation sites is 2. The Hall–Kier alpha value is -10.1. The van der Waals surface area contributed by atoms with E-state index in [1.54, 1.807) is 57.8 Å². The summed E-state index contributed by atoms with van der Waals surface area (Å²) in [5, 5.41) is -2.06. The molecule has 0 aliphatic carbocycles. The van der Waals surface area contributed by atoms with Crippen LogP contribution in [0.3, 0.4) is 0 Å². The lowest BCUT2D eigenvalue weighted by molar-refractivity contribution is -0.571. The van der Waals surface area contributed by atoms with E-state index in [2.05, 4.69) is 85.3 Å². The molecule has 11 aromatic carbocycles. The van der Waals surface area contributed by atoms with Gasteiger partial charge >= 0.3 is 0 Å². The summed E-state index contributed by atoms with van der Waals surface area (Å²) in [5.74, 6) is 1.39. The van der Waals surface area contributed by atoms with E-state index in [0.29, 0.717) is 34.1 Å². The van der Waals surface area contributed by atoms with Gasteiger partial charge in [0.2, 0.25) is 0 Å². The summed E-state index contributed by atoms with van der Waals surface area (Å²) >= 11 is 0. The number of rotatable bonds is 12. The number of hydrogen-bond acceptors (Lipinski definition) is 2. The minimum absolute atomic E-state index is 0.135. The zero-order chi connectivity index (χ0) is 82.8. The molecule has 6 heteroatoms. The van der Waals surface area contributed by atoms with E-state index >= 15 is 0 Å². The summed E-state index contributed by atoms with van der Waals surface area (Å²) in [6, 6.07) is 17.1. The number of ether oxygens (including phenoxy) is 1. The topological polar surface area (TPSA) is 35.9 Å². The van der Waals surface area contributed by atoms with Crippen molar-refractivity contribution in [3.63, 3.8) is 0 Å². The third-order valence-electron chi connectivity index (χ3n) is 16.4. The predicted molar refractivity (Wildman–Crippen MR) is 378 cm³/mol. The van der Waals surface area contributed by atoms with E-state index in [4.69, 9.17) is 17.9 Å². The quantitative estimate of drug-likeness (QED) is 0.0529. The van der Waals surface area contributed by atoms with Gasteiger partial charge in [0.05, 0.1) is 66.3 Å². The number of benzene rings is 11. The molecule has 90 heavy (non-hydrogen) atoms. The molecule has 3 heterocycles. The first-order valence-corrected chi connectivity index (χ1v) is 31.5. The summed E-state index contributed by atoms with van der Waals surface area (Å²) < 4.78 is 239. The van der Waals surface area contributed by atoms with Gasteiger partial charge in [-0.1, -0.05) is 280 Å². The maximum atomic E-state index is 10.8. The van der Waals surface area contributed by atoms with E-state index in [1.807, 2.05) is 66.7 Å². The molecule has 5 nitrogen and oxygen atoms in total. The van der Waals surface area contributed by atoms with Gasteiger partial charge in [-0.25, -0.2) is 4.98 Å². The second-order valence-corrected chi connectivity index (χ2v) is 28.8. The Balaban J connectivity index is 1.11. The number of hydrogen-bond donors (Lipinski definition) is 0. The molecule has 0 bridgehead atoms. The summed E-state index contributed by atoms with van der Waals surface area (Å²) in [6.07, 6.45) is 5.37. The Kier molecular flexibility index (Phi) is 9.20. The van der Waals surface area contributed by atoms with Crippen LogP contribution in [0.25, 0.3) is 83.4 Å². The van der Waals surface area contributed by atoms with Crippen molar-refractivity contribution < 1.29 is 42.2 Å². The average molecular weight is 1210 g/mol. The largest absolute Gasteiger partial charge is 0.458 e. The molecule has 0 saturated carbocycles. The summed E-state index contributed by atoms with van der Waals surface area (Å²) in [7, 11) is -6.29. The molecule has 0 saturated heterocycles. The minimum Gasteiger partial charge on any atom is -0.458 e. The first-order valence-electron chi connectivity index (χ1n) is 41.5. The fraction of sp³-hybridized carbons (Fsp3) is 0.143. The van der Waals surface area contributed by atoms with Crippen LogP contribution in [0.4, 0.5) is 0 Å². The summed E-state index contributed by atoms with van der Waals surface area (Å²) in [6.45, 7) is 18.9. The fourth-order valence-electron chi connectivity index (χ4n) is 11.7. The van der Waals surface area contributed by atoms with Crippen molar-refractivity contribution >= 4 is 61.7 Å². The molecule has 3 aromatic heterocycles. The lowest BCUT2D eigenvalue weighted by Crippen LogP contribution is -2.74. The van der Waals surface area contributed by atoms with Crippen LogP contribution in [0.5, 0.6) is 11.5 Å². The van der Waals surface area contributed by atoms with Crippen LogP contribution >= 0.6 is 0 Å². The fourth-order valence-corrected chi connectivity index (χ4v) is 15.3. The SMILES string of the molecule is [2H]c1c([2H])c([2H])c(-c2cccc(-c3cc(C(C)(C)C)cc(C(C)(C)C)c3)c2-[n+]2[c-]n(-c3cccc(Oc4ccc5c6ccccc6n(-c6cc(C(C)(C)C)ccn6)c5c4)c3)c3cc(-c4c([2H])c([2H])c([2H])c([Si](c5c([2H])c([2H])c([2H])c([2H])c5[2H])(c5c([2H])c([2H])c([2H])c([2H])c5[2H])c5c([2H])c([2H])c([2H])c([2H])c5[2H])c4[2H])ccc32)c([2H])c1[2H]. The van der Waals surface area contributed by atoms with E-state index in [1.165, 1.54) is 12.1 Å². The normalized spacial score (nSPS) is 16.0. The van der Waals surface area contributed by atoms with Crippen molar-refractivity contribution in [3.8, 4) is 62.1 Å². The molecular formula is C84H74N4OSi. The van der Waals surface area contributed by atoms with Crippen molar-refractivity contribution in [2.75, 3.05) is 0 Å². The molecule has 0 fully saturated rings. The predicted octanol–water partition coefficient (Wildman–Crippen LogP) is 18.3. The highest BCUT2D eigenvalue weighted by Crippen LogP contribution is 2.41. The second kappa shape index (κ2) is 22.8. The minimum atomic E-state index is -6.29. The van der Waals surface area contributed by atoms with Gasteiger partial charge in [0.25, 0.3) is 6.33 Å². The van der Waals surface area contributed by atoms with Crippen LogP contribution in [0.2, 0.25) is 0 Å². The highest BCUT2D eigenvalue weighted by Gasteiger charge is 2.41. The van der Waals surface area contributed by atoms with Crippen LogP contribution in [0.15, 0.2) is 285 Å². The second-order valence-electron chi connectivity index (χ2n) is 25.3. The highest BCUT2D eigenvalue weighted by atomic mass is 28.3. The first kappa shape index (κ1) is 36.4. The molecule has 14 aromatic rings. The van der Waals surface area contributed by atoms with Crippen LogP contribution in [-0.4, -0.2) is 22.2 Å². The van der Waals surface area contributed by atoms with Crippen molar-refractivity contribution in [1.82, 2.24) is 14.1 Å². The van der Waals surface area contributed by atoms with Gasteiger partial charge in [-0.15, -0.1) is 0 Å². The van der Waals surface area contributed by atoms with Gasteiger partial charge in [-0.05, 0) is 142 Å². The van der Waals surface area contributed by atoms with Gasteiger partial charge in [0, 0.05) is 23.0 Å². The molecule has 0 unspecified atom stereocenters. The monoisotopic (exact) mass is 1210 g/mol. The Morgan fingerprint density at radius 3 is 1.64 bits per heavy atom. The molecule has 0 amide bonds. The van der Waals surface area contributed by atoms with Gasteiger partial charge in [0.1, 0.15) is 17.3 Å². The Labute approximate surface area is 564 Å². The molecule has 0 atom stereocenters. The lowest BCUT2D eigenvalue weighted by Gasteiger charge is -2.34. The van der Waals surface area contributed by atoms with Gasteiger partial charge < -0.3 is 4.74 Å². The van der Waals surface area contributed by atoms with Crippen LogP contribution in [0, 0.1) is 6.33 Å². The first-order chi connectivity index (χ1) is 53.5. The van der Waals surface area contributed by atoms with E-state index in [0.717, 1.165) is 38.5 Å². The Bertz CT molecular complexity index is 6170. The smallest absolute Gasteiger partial charge is 0.269 e. The van der Waals surface area contributed by atoms with Crippen LogP contribution in [-0.2, 0) is 16.2 Å². The van der Waals surface area contributed by atoms with Crippen molar-refractivity contribution in [3.05, 3.63) is 308 Å². The maximum absolute atomic E-state index is 10.8. The third-order valence-corrected chi connectivity index (χ3v) is 20.4. The van der Waals surface area contributed by atoms with Crippen molar-refractivity contribution in [2.24, 2.45) is 0 Å². The standard InChI is InChI=1S/C84H74N4OSi/c1-82(2,3)62-47-48-85-80(54-62)88-76-42-23-22-39-74(76)75-45-44-67(56-78(75)88)89-66-31-25-30-65(55-66)86-57-87(81-72(58-27-14-10-15-28-58)40-26-41-73(81)61-49-63(83(4,5)6)53-64(50-61)84(7,8)9)77-46-43-60(52-79(77)86)59-29-24-38-71(51-59)90(68-32-16-11-17-33-68,69-34-18-12-19-35-69)70-36-20-13-21-37-70/h10-56H,1-9H3/i10D,11D,12D,13D,14D,15D,16D,17D,18D,19D,20D,21D,24D,27D,28D,29D,32D,33D,34D,35D,36D,37D,38D,51D. The molecule has 0 radical (unpaired) electrons. The van der Waals surface area contributed by atoms with Crippen molar-refractivity contribution in [2.45, 2.75) is 78.6 Å². The number of imidazole rings is 1. The number of fused-ring (bicyclic) bond motifs is 4.